The molecule has 23 heavy (non-hydrogen) atoms. The first-order chi connectivity index (χ1) is 11.1. The van der Waals surface area contributed by atoms with Crippen LogP contribution in [0.5, 0.6) is 0 Å². The van der Waals surface area contributed by atoms with E-state index in [0.29, 0.717) is 17.9 Å². The number of sulfonamides is 1. The van der Waals surface area contributed by atoms with E-state index in [1.807, 2.05) is 18.2 Å². The zero-order valence-electron chi connectivity index (χ0n) is 13.2. The molecule has 0 fully saturated rings. The number of anilines is 1. The van der Waals surface area contributed by atoms with Crippen molar-refractivity contribution < 1.29 is 8.42 Å². The zero-order chi connectivity index (χ0) is 16.3. The minimum absolute atomic E-state index is 0.372. The molecule has 0 aliphatic carbocycles. The van der Waals surface area contributed by atoms with E-state index in [4.69, 9.17) is 0 Å². The fraction of sp³-hybridized carbons (Fsp3) is 0.353. The second-order valence-corrected chi connectivity index (χ2v) is 7.83. The molecule has 0 radical (unpaired) electrons. The average Bonchev–Trinajstić information content (AvgIpc) is 2.60. The summed E-state index contributed by atoms with van der Waals surface area (Å²) in [6.45, 7) is 1.40. The summed E-state index contributed by atoms with van der Waals surface area (Å²) in [6.07, 6.45) is 6.08. The molecular formula is C17H21N3O2S. The van der Waals surface area contributed by atoms with Gasteiger partial charge in [0.25, 0.3) is 0 Å². The number of fused-ring (bicyclic) bond motifs is 1. The molecule has 0 unspecified atom stereocenters. The van der Waals surface area contributed by atoms with Gasteiger partial charge in [0.15, 0.2) is 0 Å². The Bertz CT molecular complexity index is 776. The van der Waals surface area contributed by atoms with E-state index >= 15 is 0 Å². The molecule has 0 saturated carbocycles. The Balaban J connectivity index is 1.75. The highest BCUT2D eigenvalue weighted by atomic mass is 32.2. The van der Waals surface area contributed by atoms with Crippen LogP contribution >= 0.6 is 0 Å². The molecular weight excluding hydrogens is 310 g/mol. The van der Waals surface area contributed by atoms with Gasteiger partial charge in [0.05, 0.1) is 4.90 Å². The third-order valence-corrected chi connectivity index (χ3v) is 6.04. The second kappa shape index (κ2) is 6.68. The first kappa shape index (κ1) is 16.0. The number of hydrogen-bond acceptors (Lipinski definition) is 4. The molecule has 2 aromatic rings. The van der Waals surface area contributed by atoms with Crippen molar-refractivity contribution in [1.82, 2.24) is 9.29 Å². The molecule has 122 valence electrons. The van der Waals surface area contributed by atoms with Crippen molar-refractivity contribution in [2.75, 3.05) is 25.5 Å². The Morgan fingerprint density at radius 3 is 2.78 bits per heavy atom. The number of hydrogen-bond donors (Lipinski definition) is 1. The van der Waals surface area contributed by atoms with Crippen molar-refractivity contribution in [3.8, 4) is 0 Å². The number of benzene rings is 1. The molecule has 0 bridgehead atoms. The van der Waals surface area contributed by atoms with Gasteiger partial charge in [-0.05, 0) is 60.7 Å². The Morgan fingerprint density at radius 2 is 2.00 bits per heavy atom. The predicted octanol–water partition coefficient (Wildman–Crippen LogP) is 2.30. The van der Waals surface area contributed by atoms with Crippen molar-refractivity contribution in [2.24, 2.45) is 0 Å². The van der Waals surface area contributed by atoms with Crippen LogP contribution < -0.4 is 5.32 Å². The Kier molecular flexibility index (Phi) is 4.63. The van der Waals surface area contributed by atoms with Crippen molar-refractivity contribution in [1.29, 1.82) is 0 Å². The highest BCUT2D eigenvalue weighted by Gasteiger charge is 2.22. The number of aryl methyl sites for hydroxylation is 1. The largest absolute Gasteiger partial charge is 0.385 e. The SMILES string of the molecule is CN(CCc1ccncc1)S(=O)(=O)c1ccc2c(c1)CCCN2. The van der Waals surface area contributed by atoms with Gasteiger partial charge in [-0.3, -0.25) is 4.98 Å². The highest BCUT2D eigenvalue weighted by Crippen LogP contribution is 2.26. The van der Waals surface area contributed by atoms with Crippen LogP contribution in [0.2, 0.25) is 0 Å². The summed E-state index contributed by atoms with van der Waals surface area (Å²) in [5, 5.41) is 3.30. The summed E-state index contributed by atoms with van der Waals surface area (Å²) in [5.41, 5.74) is 3.21. The average molecular weight is 331 g/mol. The fourth-order valence-corrected chi connectivity index (χ4v) is 3.97. The fourth-order valence-electron chi connectivity index (χ4n) is 2.75. The molecule has 1 N–H and O–H groups in total. The predicted molar refractivity (Wildman–Crippen MR) is 91.0 cm³/mol. The summed E-state index contributed by atoms with van der Waals surface area (Å²) in [6, 6.07) is 9.18. The van der Waals surface area contributed by atoms with Crippen LogP contribution in [0.3, 0.4) is 0 Å². The van der Waals surface area contributed by atoms with E-state index in [1.165, 1.54) is 4.31 Å². The molecule has 6 heteroatoms. The number of pyridine rings is 1. The van der Waals surface area contributed by atoms with E-state index in [2.05, 4.69) is 10.3 Å². The van der Waals surface area contributed by atoms with Crippen LogP contribution in [0.15, 0.2) is 47.6 Å². The van der Waals surface area contributed by atoms with Crippen molar-refractivity contribution in [2.45, 2.75) is 24.2 Å². The van der Waals surface area contributed by atoms with Gasteiger partial charge in [-0.25, -0.2) is 12.7 Å². The van der Waals surface area contributed by atoms with Gasteiger partial charge in [0.1, 0.15) is 0 Å². The Labute approximate surface area is 137 Å². The van der Waals surface area contributed by atoms with E-state index < -0.39 is 10.0 Å². The maximum atomic E-state index is 12.7. The van der Waals surface area contributed by atoms with Crippen LogP contribution in [0, 0.1) is 0 Å². The number of aromatic nitrogens is 1. The van der Waals surface area contributed by atoms with E-state index in [-0.39, 0.29) is 0 Å². The summed E-state index contributed by atoms with van der Waals surface area (Å²) >= 11 is 0. The zero-order valence-corrected chi connectivity index (χ0v) is 14.0. The van der Waals surface area contributed by atoms with Gasteiger partial charge in [-0.1, -0.05) is 0 Å². The van der Waals surface area contributed by atoms with Gasteiger partial charge in [0, 0.05) is 38.2 Å². The first-order valence-corrected chi connectivity index (χ1v) is 9.23. The van der Waals surface area contributed by atoms with Gasteiger partial charge in [-0.15, -0.1) is 0 Å². The van der Waals surface area contributed by atoms with Crippen molar-refractivity contribution in [3.05, 3.63) is 53.9 Å². The monoisotopic (exact) mass is 331 g/mol. The number of nitrogens with zero attached hydrogens (tertiary/aromatic N) is 2. The van der Waals surface area contributed by atoms with Crippen molar-refractivity contribution >= 4 is 15.7 Å². The number of likely N-dealkylation sites (N-methyl/N-ethyl adjacent to an activating group) is 1. The summed E-state index contributed by atoms with van der Waals surface area (Å²) in [5.74, 6) is 0. The van der Waals surface area contributed by atoms with Gasteiger partial charge in [0.2, 0.25) is 10.0 Å². The normalized spacial score (nSPS) is 14.3. The Hall–Kier alpha value is -1.92. The maximum absolute atomic E-state index is 12.7. The highest BCUT2D eigenvalue weighted by molar-refractivity contribution is 7.89. The van der Waals surface area contributed by atoms with E-state index in [0.717, 1.165) is 36.2 Å². The molecule has 0 saturated heterocycles. The van der Waals surface area contributed by atoms with Crippen molar-refractivity contribution in [3.63, 3.8) is 0 Å². The summed E-state index contributed by atoms with van der Waals surface area (Å²) < 4.78 is 26.9. The quantitative estimate of drug-likeness (QED) is 0.913. The molecule has 0 atom stereocenters. The summed E-state index contributed by atoms with van der Waals surface area (Å²) in [7, 11) is -1.82. The lowest BCUT2D eigenvalue weighted by Crippen LogP contribution is -2.29. The third-order valence-electron chi connectivity index (χ3n) is 4.19. The van der Waals surface area contributed by atoms with E-state index in [1.54, 1.807) is 31.6 Å². The minimum atomic E-state index is -3.45. The first-order valence-electron chi connectivity index (χ1n) is 7.79. The van der Waals surface area contributed by atoms with Crippen LogP contribution in [-0.4, -0.2) is 37.8 Å². The molecule has 5 nitrogen and oxygen atoms in total. The van der Waals surface area contributed by atoms with Crippen LogP contribution in [0.1, 0.15) is 17.5 Å². The topological polar surface area (TPSA) is 62.3 Å². The van der Waals surface area contributed by atoms with Gasteiger partial charge in [-0.2, -0.15) is 0 Å². The van der Waals surface area contributed by atoms with Gasteiger partial charge >= 0.3 is 0 Å². The van der Waals surface area contributed by atoms with E-state index in [9.17, 15) is 8.42 Å². The van der Waals surface area contributed by atoms with Crippen LogP contribution in [0.25, 0.3) is 0 Å². The number of nitrogens with one attached hydrogen (secondary N) is 1. The molecule has 1 aromatic heterocycles. The molecule has 0 spiro atoms. The lowest BCUT2D eigenvalue weighted by molar-refractivity contribution is 0.472. The Morgan fingerprint density at radius 1 is 1.22 bits per heavy atom. The smallest absolute Gasteiger partial charge is 0.242 e. The van der Waals surface area contributed by atoms with Gasteiger partial charge < -0.3 is 5.32 Å². The molecule has 3 rings (SSSR count). The lowest BCUT2D eigenvalue weighted by atomic mass is 10.0. The molecule has 2 heterocycles. The molecule has 1 aliphatic heterocycles. The maximum Gasteiger partial charge on any atom is 0.242 e. The molecule has 1 aliphatic rings. The second-order valence-electron chi connectivity index (χ2n) is 5.78. The lowest BCUT2D eigenvalue weighted by Gasteiger charge is -2.21. The number of rotatable bonds is 5. The van der Waals surface area contributed by atoms with Crippen LogP contribution in [-0.2, 0) is 22.9 Å². The third kappa shape index (κ3) is 3.54. The minimum Gasteiger partial charge on any atom is -0.385 e. The molecule has 0 amide bonds. The molecule has 1 aromatic carbocycles. The van der Waals surface area contributed by atoms with Crippen LogP contribution in [0.4, 0.5) is 5.69 Å². The summed E-state index contributed by atoms with van der Waals surface area (Å²) in [4.78, 5) is 4.34. The standard InChI is InChI=1S/C17H21N3O2S/c1-20(12-8-14-6-10-18-11-7-14)23(21,22)16-4-5-17-15(13-16)3-2-9-19-17/h4-7,10-11,13,19H,2-3,8-9,12H2,1H3.